The van der Waals surface area contributed by atoms with Gasteiger partial charge in [0.1, 0.15) is 0 Å². The minimum Gasteiger partial charge on any atom is -0.395 e. The molecule has 1 heterocycles. The van der Waals surface area contributed by atoms with Gasteiger partial charge >= 0.3 is 0 Å². The summed E-state index contributed by atoms with van der Waals surface area (Å²) in [5, 5.41) is 18.3. The summed E-state index contributed by atoms with van der Waals surface area (Å²) in [7, 11) is 0. The van der Waals surface area contributed by atoms with Crippen molar-refractivity contribution in [3.63, 3.8) is 0 Å². The number of carbonyl (C=O) groups is 1. The predicted molar refractivity (Wildman–Crippen MR) is 76.3 cm³/mol. The quantitative estimate of drug-likeness (QED) is 0.788. The minimum absolute atomic E-state index is 0.0380. The molecule has 1 aliphatic rings. The van der Waals surface area contributed by atoms with Gasteiger partial charge in [-0.1, -0.05) is 17.9 Å². The van der Waals surface area contributed by atoms with Gasteiger partial charge in [-0.2, -0.15) is 0 Å². The first-order valence-electron chi connectivity index (χ1n) is 6.80. The number of hydrogen-bond donors (Lipinski definition) is 2. The van der Waals surface area contributed by atoms with E-state index < -0.39 is 6.10 Å². The van der Waals surface area contributed by atoms with E-state index in [-0.39, 0.29) is 12.5 Å². The van der Waals surface area contributed by atoms with Crippen LogP contribution in [0.2, 0.25) is 0 Å². The lowest BCUT2D eigenvalue weighted by atomic mass is 10.0. The predicted octanol–water partition coefficient (Wildman–Crippen LogP) is 0.936. The maximum absolute atomic E-state index is 12.4. The van der Waals surface area contributed by atoms with Crippen molar-refractivity contribution < 1.29 is 15.0 Å². The van der Waals surface area contributed by atoms with Crippen LogP contribution in [0.15, 0.2) is 18.2 Å². The zero-order valence-electron chi connectivity index (χ0n) is 11.6. The van der Waals surface area contributed by atoms with E-state index >= 15 is 0 Å². The number of rotatable bonds is 2. The highest BCUT2D eigenvalue weighted by Crippen LogP contribution is 2.18. The highest BCUT2D eigenvalue weighted by atomic mass is 16.3. The molecule has 1 aromatic carbocycles. The Morgan fingerprint density at radius 1 is 1.50 bits per heavy atom. The van der Waals surface area contributed by atoms with Crippen LogP contribution in [-0.4, -0.2) is 46.8 Å². The van der Waals surface area contributed by atoms with Crippen LogP contribution in [0.25, 0.3) is 0 Å². The molecular weight excluding hydrogens is 254 g/mol. The zero-order chi connectivity index (χ0) is 14.5. The van der Waals surface area contributed by atoms with Crippen molar-refractivity contribution in [2.24, 2.45) is 0 Å². The molecule has 2 N–H and O–H groups in total. The SMILES string of the molecule is Cc1c(C#CCCO)cccc1C(=O)N1CCC(O)C1. The van der Waals surface area contributed by atoms with Crippen LogP contribution >= 0.6 is 0 Å². The highest BCUT2D eigenvalue weighted by Gasteiger charge is 2.26. The largest absolute Gasteiger partial charge is 0.395 e. The molecule has 0 bridgehead atoms. The highest BCUT2D eigenvalue weighted by molar-refractivity contribution is 5.96. The van der Waals surface area contributed by atoms with Crippen LogP contribution in [0.5, 0.6) is 0 Å². The molecule has 4 heteroatoms. The molecule has 106 valence electrons. The monoisotopic (exact) mass is 273 g/mol. The molecule has 1 atom stereocenters. The van der Waals surface area contributed by atoms with Crippen molar-refractivity contribution in [3.05, 3.63) is 34.9 Å². The fraction of sp³-hybridized carbons (Fsp3) is 0.438. The number of β-amino-alcohol motifs (C(OH)–C–C–N with tert-alkyl or cyclic N) is 1. The second-order valence-electron chi connectivity index (χ2n) is 4.95. The Morgan fingerprint density at radius 3 is 2.95 bits per heavy atom. The summed E-state index contributed by atoms with van der Waals surface area (Å²) in [6.07, 6.45) is 0.656. The number of benzene rings is 1. The molecule has 20 heavy (non-hydrogen) atoms. The average Bonchev–Trinajstić information content (AvgIpc) is 2.87. The summed E-state index contributed by atoms with van der Waals surface area (Å²) in [6, 6.07) is 5.48. The van der Waals surface area contributed by atoms with E-state index in [0.717, 1.165) is 11.1 Å². The normalized spacial score (nSPS) is 17.8. The number of hydrogen-bond acceptors (Lipinski definition) is 3. The van der Waals surface area contributed by atoms with Crippen molar-refractivity contribution in [1.82, 2.24) is 4.90 Å². The summed E-state index contributed by atoms with van der Waals surface area (Å²) in [5.74, 6) is 5.80. The lowest BCUT2D eigenvalue weighted by Crippen LogP contribution is -2.30. The Morgan fingerprint density at radius 2 is 2.30 bits per heavy atom. The first-order chi connectivity index (χ1) is 9.63. The molecule has 0 aromatic heterocycles. The van der Waals surface area contributed by atoms with Gasteiger partial charge in [0.2, 0.25) is 0 Å². The molecule has 1 amide bonds. The van der Waals surface area contributed by atoms with Crippen LogP contribution in [0.4, 0.5) is 0 Å². The van der Waals surface area contributed by atoms with Crippen LogP contribution in [0.3, 0.4) is 0 Å². The Labute approximate surface area is 119 Å². The number of nitrogens with zero attached hydrogens (tertiary/aromatic N) is 1. The maximum atomic E-state index is 12.4. The Kier molecular flexibility index (Phi) is 4.78. The topological polar surface area (TPSA) is 60.8 Å². The molecule has 0 radical (unpaired) electrons. The van der Waals surface area contributed by atoms with Crippen LogP contribution in [0, 0.1) is 18.8 Å². The fourth-order valence-corrected chi connectivity index (χ4v) is 2.31. The summed E-state index contributed by atoms with van der Waals surface area (Å²) in [4.78, 5) is 14.1. The third kappa shape index (κ3) is 3.19. The Bertz CT molecular complexity index is 557. The third-order valence-corrected chi connectivity index (χ3v) is 3.47. The molecule has 1 unspecified atom stereocenters. The first kappa shape index (κ1) is 14.6. The van der Waals surface area contributed by atoms with E-state index in [4.69, 9.17) is 5.11 Å². The lowest BCUT2D eigenvalue weighted by molar-refractivity contribution is 0.0764. The number of carbonyl (C=O) groups excluding carboxylic acids is 1. The molecular formula is C16H19NO3. The molecule has 1 aliphatic heterocycles. The molecule has 0 spiro atoms. The molecule has 0 aliphatic carbocycles. The molecule has 1 saturated heterocycles. The average molecular weight is 273 g/mol. The lowest BCUT2D eigenvalue weighted by Gasteiger charge is -2.17. The van der Waals surface area contributed by atoms with Gasteiger partial charge in [-0.3, -0.25) is 4.79 Å². The fourth-order valence-electron chi connectivity index (χ4n) is 2.31. The van der Waals surface area contributed by atoms with E-state index in [1.165, 1.54) is 0 Å². The molecule has 1 fully saturated rings. The minimum atomic E-state index is -0.410. The molecule has 1 aromatic rings. The van der Waals surface area contributed by atoms with Gasteiger partial charge in [0.25, 0.3) is 5.91 Å². The third-order valence-electron chi connectivity index (χ3n) is 3.47. The Hall–Kier alpha value is -1.83. The van der Waals surface area contributed by atoms with Crippen LogP contribution in [0.1, 0.15) is 34.3 Å². The van der Waals surface area contributed by atoms with E-state index in [1.807, 2.05) is 19.1 Å². The van der Waals surface area contributed by atoms with Crippen LogP contribution < -0.4 is 0 Å². The second-order valence-corrected chi connectivity index (χ2v) is 4.95. The van der Waals surface area contributed by atoms with Gasteiger partial charge in [-0.05, 0) is 31.0 Å². The standard InChI is InChI=1S/C16H19NO3/c1-12-13(5-2-3-10-18)6-4-7-15(12)16(20)17-9-8-14(19)11-17/h4,6-7,14,18-19H,3,8-11H2,1H3. The summed E-state index contributed by atoms with van der Waals surface area (Å²) < 4.78 is 0. The molecule has 0 saturated carbocycles. The van der Waals surface area contributed by atoms with Gasteiger partial charge in [-0.25, -0.2) is 0 Å². The van der Waals surface area contributed by atoms with Crippen molar-refractivity contribution in [1.29, 1.82) is 0 Å². The zero-order valence-corrected chi connectivity index (χ0v) is 11.6. The van der Waals surface area contributed by atoms with Gasteiger partial charge in [0.05, 0.1) is 12.7 Å². The van der Waals surface area contributed by atoms with E-state index in [2.05, 4.69) is 11.8 Å². The number of aliphatic hydroxyl groups is 2. The smallest absolute Gasteiger partial charge is 0.254 e. The van der Waals surface area contributed by atoms with Gasteiger partial charge in [0.15, 0.2) is 0 Å². The number of likely N-dealkylation sites (tertiary alicyclic amines) is 1. The van der Waals surface area contributed by atoms with E-state index in [1.54, 1.807) is 11.0 Å². The van der Waals surface area contributed by atoms with E-state index in [9.17, 15) is 9.90 Å². The van der Waals surface area contributed by atoms with Gasteiger partial charge in [0, 0.05) is 30.6 Å². The summed E-state index contributed by atoms with van der Waals surface area (Å²) >= 11 is 0. The number of aliphatic hydroxyl groups excluding tert-OH is 2. The van der Waals surface area contributed by atoms with E-state index in [0.29, 0.717) is 31.5 Å². The first-order valence-corrected chi connectivity index (χ1v) is 6.80. The molecule has 2 rings (SSSR count). The van der Waals surface area contributed by atoms with Gasteiger partial charge in [-0.15, -0.1) is 0 Å². The van der Waals surface area contributed by atoms with Crippen molar-refractivity contribution in [2.75, 3.05) is 19.7 Å². The van der Waals surface area contributed by atoms with Crippen molar-refractivity contribution in [2.45, 2.75) is 25.9 Å². The number of amides is 1. The molecule has 4 nitrogen and oxygen atoms in total. The Balaban J connectivity index is 2.22. The summed E-state index contributed by atoms with van der Waals surface area (Å²) in [5.41, 5.74) is 2.29. The van der Waals surface area contributed by atoms with Crippen LogP contribution in [-0.2, 0) is 0 Å². The van der Waals surface area contributed by atoms with Crippen molar-refractivity contribution in [3.8, 4) is 11.8 Å². The van der Waals surface area contributed by atoms with Crippen molar-refractivity contribution >= 4 is 5.91 Å². The maximum Gasteiger partial charge on any atom is 0.254 e. The second kappa shape index (κ2) is 6.56. The van der Waals surface area contributed by atoms with Gasteiger partial charge < -0.3 is 15.1 Å². The summed E-state index contributed by atoms with van der Waals surface area (Å²) in [6.45, 7) is 2.91.